The molecule has 18 heavy (non-hydrogen) atoms. The predicted molar refractivity (Wildman–Crippen MR) is 69.9 cm³/mol. The highest BCUT2D eigenvalue weighted by Crippen LogP contribution is 2.35. The first-order valence-corrected chi connectivity index (χ1v) is 6.72. The van der Waals surface area contributed by atoms with Crippen molar-refractivity contribution in [3.05, 3.63) is 40.3 Å². The first-order chi connectivity index (χ1) is 8.84. The summed E-state index contributed by atoms with van der Waals surface area (Å²) < 4.78 is 10.8. The van der Waals surface area contributed by atoms with Gasteiger partial charge >= 0.3 is 0 Å². The van der Waals surface area contributed by atoms with E-state index in [1.807, 2.05) is 23.8 Å². The van der Waals surface area contributed by atoms with E-state index in [-0.39, 0.29) is 6.04 Å². The van der Waals surface area contributed by atoms with E-state index in [0.717, 1.165) is 23.6 Å². The predicted octanol–water partition coefficient (Wildman–Crippen LogP) is 2.72. The van der Waals surface area contributed by atoms with E-state index >= 15 is 0 Å². The molecule has 1 aliphatic heterocycles. The number of benzene rings is 1. The van der Waals surface area contributed by atoms with Crippen molar-refractivity contribution in [2.24, 2.45) is 0 Å². The zero-order valence-electron chi connectivity index (χ0n) is 10.1. The lowest BCUT2D eigenvalue weighted by molar-refractivity contribution is 0.173. The van der Waals surface area contributed by atoms with Crippen molar-refractivity contribution in [1.82, 2.24) is 10.3 Å². The molecule has 94 valence electrons. The molecule has 2 heterocycles. The number of ether oxygens (including phenoxy) is 2. The highest BCUT2D eigenvalue weighted by atomic mass is 32.1. The maximum atomic E-state index is 5.48. The Morgan fingerprint density at radius 2 is 2.39 bits per heavy atom. The minimum atomic E-state index is 0.288. The summed E-state index contributed by atoms with van der Waals surface area (Å²) in [5.41, 5.74) is 2.98. The number of hydrogen-bond donors (Lipinski definition) is 1. The molecule has 3 rings (SSSR count). The van der Waals surface area contributed by atoms with Crippen molar-refractivity contribution in [1.29, 1.82) is 0 Å². The van der Waals surface area contributed by atoms with Crippen LogP contribution in [0.25, 0.3) is 0 Å². The van der Waals surface area contributed by atoms with Gasteiger partial charge < -0.3 is 14.8 Å². The Kier molecular flexibility index (Phi) is 3.17. The summed E-state index contributed by atoms with van der Waals surface area (Å²) in [4.78, 5) is 5.33. The van der Waals surface area contributed by atoms with E-state index in [9.17, 15) is 0 Å². The Balaban J connectivity index is 1.69. The monoisotopic (exact) mass is 262 g/mol. The van der Waals surface area contributed by atoms with Gasteiger partial charge in [-0.05, 0) is 13.0 Å². The average molecular weight is 262 g/mol. The van der Waals surface area contributed by atoms with Crippen LogP contribution in [0.15, 0.2) is 29.9 Å². The maximum Gasteiger partial charge on any atom is 0.231 e. The minimum absolute atomic E-state index is 0.288. The van der Waals surface area contributed by atoms with Crippen LogP contribution in [0, 0.1) is 0 Å². The Labute approximate surface area is 110 Å². The molecule has 1 unspecified atom stereocenters. The molecule has 0 saturated heterocycles. The van der Waals surface area contributed by atoms with Crippen LogP contribution in [0.4, 0.5) is 0 Å². The molecule has 1 aliphatic rings. The van der Waals surface area contributed by atoms with Gasteiger partial charge in [-0.25, -0.2) is 0 Å². The highest BCUT2D eigenvalue weighted by molar-refractivity contribution is 7.09. The molecular formula is C13H14N2O2S. The SMILES string of the molecule is CC(NCc1cccc2c1OCO2)c1cncs1. The van der Waals surface area contributed by atoms with E-state index < -0.39 is 0 Å². The lowest BCUT2D eigenvalue weighted by Gasteiger charge is -2.12. The average Bonchev–Trinajstić information content (AvgIpc) is 3.05. The van der Waals surface area contributed by atoms with Crippen molar-refractivity contribution in [3.8, 4) is 11.5 Å². The lowest BCUT2D eigenvalue weighted by Crippen LogP contribution is -2.17. The Morgan fingerprint density at radius 3 is 3.22 bits per heavy atom. The number of para-hydroxylation sites is 1. The first kappa shape index (κ1) is 11.5. The highest BCUT2D eigenvalue weighted by Gasteiger charge is 2.17. The van der Waals surface area contributed by atoms with E-state index in [4.69, 9.17) is 9.47 Å². The normalized spacial score (nSPS) is 14.7. The van der Waals surface area contributed by atoms with Crippen LogP contribution in [0.5, 0.6) is 11.5 Å². The quantitative estimate of drug-likeness (QED) is 0.920. The summed E-state index contributed by atoms with van der Waals surface area (Å²) in [5.74, 6) is 1.70. The molecule has 1 aromatic heterocycles. The third kappa shape index (κ3) is 2.19. The lowest BCUT2D eigenvalue weighted by atomic mass is 10.1. The standard InChI is InChI=1S/C13H14N2O2S/c1-9(12-6-14-7-18-12)15-5-10-3-2-4-11-13(10)17-8-16-11/h2-4,6-7,9,15H,5,8H2,1H3. The molecule has 0 spiro atoms. The second-order valence-corrected chi connectivity index (χ2v) is 5.08. The maximum absolute atomic E-state index is 5.48. The van der Waals surface area contributed by atoms with Gasteiger partial charge in [0, 0.05) is 29.2 Å². The van der Waals surface area contributed by atoms with Crippen molar-refractivity contribution < 1.29 is 9.47 Å². The molecule has 0 aliphatic carbocycles. The van der Waals surface area contributed by atoms with E-state index in [0.29, 0.717) is 6.79 Å². The van der Waals surface area contributed by atoms with Crippen LogP contribution in [-0.2, 0) is 6.54 Å². The summed E-state index contributed by atoms with van der Waals surface area (Å²) in [6.45, 7) is 3.20. The van der Waals surface area contributed by atoms with Crippen LogP contribution >= 0.6 is 11.3 Å². The number of nitrogens with zero attached hydrogens (tertiary/aromatic N) is 1. The van der Waals surface area contributed by atoms with Gasteiger partial charge in [0.25, 0.3) is 0 Å². The fourth-order valence-electron chi connectivity index (χ4n) is 1.93. The van der Waals surface area contributed by atoms with Crippen LogP contribution in [0.2, 0.25) is 0 Å². The van der Waals surface area contributed by atoms with Crippen molar-refractivity contribution in [2.75, 3.05) is 6.79 Å². The minimum Gasteiger partial charge on any atom is -0.454 e. The molecular weight excluding hydrogens is 248 g/mol. The van der Waals surface area contributed by atoms with Gasteiger partial charge in [0.1, 0.15) is 0 Å². The fraction of sp³-hybridized carbons (Fsp3) is 0.308. The Bertz CT molecular complexity index is 528. The van der Waals surface area contributed by atoms with Crippen molar-refractivity contribution in [2.45, 2.75) is 19.5 Å². The van der Waals surface area contributed by atoms with E-state index in [1.54, 1.807) is 11.3 Å². The Hall–Kier alpha value is -1.59. The van der Waals surface area contributed by atoms with Gasteiger partial charge in [-0.2, -0.15) is 0 Å². The number of nitrogens with one attached hydrogen (secondary N) is 1. The summed E-state index contributed by atoms with van der Waals surface area (Å²) in [6, 6.07) is 6.26. The molecule has 4 nitrogen and oxygen atoms in total. The van der Waals surface area contributed by atoms with Gasteiger partial charge in [0.15, 0.2) is 11.5 Å². The van der Waals surface area contributed by atoms with Crippen molar-refractivity contribution >= 4 is 11.3 Å². The number of aromatic nitrogens is 1. The molecule has 1 atom stereocenters. The van der Waals surface area contributed by atoms with Gasteiger partial charge in [0.05, 0.1) is 5.51 Å². The summed E-state index contributed by atoms with van der Waals surface area (Å²) in [5, 5.41) is 3.47. The molecule has 0 fully saturated rings. The van der Waals surface area contributed by atoms with Crippen molar-refractivity contribution in [3.63, 3.8) is 0 Å². The number of fused-ring (bicyclic) bond motifs is 1. The Morgan fingerprint density at radius 1 is 1.44 bits per heavy atom. The molecule has 5 heteroatoms. The zero-order valence-corrected chi connectivity index (χ0v) is 10.9. The largest absolute Gasteiger partial charge is 0.454 e. The number of thiazole rings is 1. The second kappa shape index (κ2) is 4.96. The number of rotatable bonds is 4. The smallest absolute Gasteiger partial charge is 0.231 e. The second-order valence-electron chi connectivity index (χ2n) is 4.16. The van der Waals surface area contributed by atoms with Gasteiger partial charge in [-0.15, -0.1) is 11.3 Å². The van der Waals surface area contributed by atoms with Crippen LogP contribution in [0.1, 0.15) is 23.4 Å². The third-order valence-corrected chi connectivity index (χ3v) is 3.91. The molecule has 0 radical (unpaired) electrons. The van der Waals surface area contributed by atoms with Gasteiger partial charge in [-0.3, -0.25) is 4.98 Å². The van der Waals surface area contributed by atoms with Gasteiger partial charge in [-0.1, -0.05) is 12.1 Å². The van der Waals surface area contributed by atoms with Crippen LogP contribution in [-0.4, -0.2) is 11.8 Å². The van der Waals surface area contributed by atoms with E-state index in [1.165, 1.54) is 4.88 Å². The summed E-state index contributed by atoms with van der Waals surface area (Å²) in [6.07, 6.45) is 1.90. The third-order valence-electron chi connectivity index (χ3n) is 2.96. The first-order valence-electron chi connectivity index (χ1n) is 5.84. The topological polar surface area (TPSA) is 43.4 Å². The molecule has 0 amide bonds. The van der Waals surface area contributed by atoms with Crippen LogP contribution in [0.3, 0.4) is 0 Å². The van der Waals surface area contributed by atoms with Gasteiger partial charge in [0.2, 0.25) is 6.79 Å². The molecule has 1 aromatic carbocycles. The number of hydrogen-bond acceptors (Lipinski definition) is 5. The molecule has 0 bridgehead atoms. The fourth-order valence-corrected chi connectivity index (χ4v) is 2.59. The summed E-state index contributed by atoms with van der Waals surface area (Å²) >= 11 is 1.66. The molecule has 1 N–H and O–H groups in total. The molecule has 2 aromatic rings. The zero-order chi connectivity index (χ0) is 12.4. The summed E-state index contributed by atoms with van der Waals surface area (Å²) in [7, 11) is 0. The van der Waals surface area contributed by atoms with Crippen LogP contribution < -0.4 is 14.8 Å². The van der Waals surface area contributed by atoms with E-state index in [2.05, 4.69) is 23.3 Å². The molecule has 0 saturated carbocycles.